The van der Waals surface area contributed by atoms with Gasteiger partial charge in [0.1, 0.15) is 12.4 Å². The molecule has 3 aliphatic rings. The lowest BCUT2D eigenvalue weighted by Crippen LogP contribution is -2.26. The predicted octanol–water partition coefficient (Wildman–Crippen LogP) is 3.45. The molecular weight excluding hydrogens is 384 g/mol. The van der Waals surface area contributed by atoms with Gasteiger partial charge in [0, 0.05) is 31.0 Å². The highest BCUT2D eigenvalue weighted by molar-refractivity contribution is 6.01. The van der Waals surface area contributed by atoms with Crippen molar-refractivity contribution < 1.29 is 24.1 Å². The van der Waals surface area contributed by atoms with Gasteiger partial charge in [0.15, 0.2) is 5.75 Å². The van der Waals surface area contributed by atoms with Gasteiger partial charge in [-0.3, -0.25) is 4.79 Å². The second-order valence-corrected chi connectivity index (χ2v) is 8.26. The van der Waals surface area contributed by atoms with Crippen molar-refractivity contribution in [1.29, 1.82) is 0 Å². The number of carbonyl (C=O) groups is 1. The Bertz CT molecular complexity index is 937. The van der Waals surface area contributed by atoms with Gasteiger partial charge in [0.05, 0.1) is 5.56 Å². The Morgan fingerprint density at radius 2 is 2.07 bits per heavy atom. The summed E-state index contributed by atoms with van der Waals surface area (Å²) in [6.07, 6.45) is 4.06. The Balaban J connectivity index is 0.000000503. The minimum atomic E-state index is -0.167. The van der Waals surface area contributed by atoms with Crippen LogP contribution in [0.5, 0.6) is 17.4 Å². The van der Waals surface area contributed by atoms with Crippen LogP contribution in [0.15, 0.2) is 24.4 Å². The van der Waals surface area contributed by atoms with E-state index in [-0.39, 0.29) is 18.8 Å². The molecule has 1 aliphatic carbocycles. The molecule has 0 atom stereocenters. The number of aryl methyl sites for hydroxylation is 1. The van der Waals surface area contributed by atoms with Gasteiger partial charge in [-0.25, -0.2) is 4.98 Å². The quantitative estimate of drug-likeness (QED) is 0.810. The monoisotopic (exact) mass is 412 g/mol. The highest BCUT2D eigenvalue weighted by Gasteiger charge is 2.34. The number of benzene rings is 1. The Morgan fingerprint density at radius 3 is 2.80 bits per heavy atom. The summed E-state index contributed by atoms with van der Waals surface area (Å²) in [5.41, 5.74) is 3.63. The molecule has 1 saturated carbocycles. The highest BCUT2D eigenvalue weighted by atomic mass is 16.7. The number of nitrogens with zero attached hydrogens (tertiary/aromatic N) is 2. The first-order valence-corrected chi connectivity index (χ1v) is 10.4. The third kappa shape index (κ3) is 4.36. The first kappa shape index (κ1) is 20.5. The van der Waals surface area contributed by atoms with Crippen molar-refractivity contribution in [3.8, 4) is 17.4 Å². The highest BCUT2D eigenvalue weighted by Crippen LogP contribution is 2.38. The van der Waals surface area contributed by atoms with Crippen molar-refractivity contribution in [1.82, 2.24) is 9.88 Å². The predicted molar refractivity (Wildman–Crippen MR) is 111 cm³/mol. The van der Waals surface area contributed by atoms with Crippen LogP contribution in [-0.4, -0.2) is 40.3 Å². The van der Waals surface area contributed by atoms with Crippen LogP contribution in [-0.2, 0) is 13.2 Å². The average Bonchev–Trinajstić information content (AvgIpc) is 3.28. The molecule has 1 fully saturated rings. The van der Waals surface area contributed by atoms with E-state index in [0.29, 0.717) is 42.0 Å². The normalized spacial score (nSPS) is 16.4. The molecule has 2 aromatic rings. The Labute approximate surface area is 176 Å². The number of amides is 1. The Kier molecular flexibility index (Phi) is 5.81. The summed E-state index contributed by atoms with van der Waals surface area (Å²) in [5.74, 6) is 2.53. The molecule has 30 heavy (non-hydrogen) atoms. The van der Waals surface area contributed by atoms with E-state index < -0.39 is 0 Å². The third-order valence-electron chi connectivity index (χ3n) is 5.24. The average molecular weight is 412 g/mol. The lowest BCUT2D eigenvalue weighted by molar-refractivity contribution is 0.0767. The molecule has 7 heteroatoms. The van der Waals surface area contributed by atoms with Crippen molar-refractivity contribution in [2.75, 3.05) is 13.3 Å². The van der Waals surface area contributed by atoms with Crippen LogP contribution in [0.4, 0.5) is 0 Å². The summed E-state index contributed by atoms with van der Waals surface area (Å²) in [4.78, 5) is 19.0. The van der Waals surface area contributed by atoms with Crippen LogP contribution >= 0.6 is 0 Å². The Morgan fingerprint density at radius 1 is 1.30 bits per heavy atom. The standard InChI is InChI=1S/C20H20N2O4.C3H8O/c1-12-7-21-19-18(25-11-26-19)15(12)10-24-16-4-2-3-14-9-22(8-13-5-6-13)20(23)17(14)16;1-3(2)4/h2-4,7,13H,5-6,8-11H2,1H3;3-4H,1-2H3. The number of carbonyl (C=O) groups excluding carboxylic acids is 1. The summed E-state index contributed by atoms with van der Waals surface area (Å²) >= 11 is 0. The topological polar surface area (TPSA) is 81.1 Å². The van der Waals surface area contributed by atoms with Gasteiger partial charge < -0.3 is 24.2 Å². The maximum Gasteiger partial charge on any atom is 0.260 e. The maximum absolute atomic E-state index is 12.8. The molecule has 5 rings (SSSR count). The van der Waals surface area contributed by atoms with Crippen molar-refractivity contribution in [3.05, 3.63) is 46.6 Å². The summed E-state index contributed by atoms with van der Waals surface area (Å²) in [7, 11) is 0. The van der Waals surface area contributed by atoms with Crippen LogP contribution in [0.3, 0.4) is 0 Å². The van der Waals surface area contributed by atoms with Gasteiger partial charge in [0.2, 0.25) is 6.79 Å². The van der Waals surface area contributed by atoms with Gasteiger partial charge in [-0.1, -0.05) is 12.1 Å². The van der Waals surface area contributed by atoms with Crippen molar-refractivity contribution in [2.24, 2.45) is 5.92 Å². The third-order valence-corrected chi connectivity index (χ3v) is 5.24. The van der Waals surface area contributed by atoms with Crippen LogP contribution in [0.2, 0.25) is 0 Å². The zero-order valence-corrected chi connectivity index (χ0v) is 17.7. The molecule has 0 saturated heterocycles. The smallest absolute Gasteiger partial charge is 0.260 e. The first-order chi connectivity index (χ1) is 14.4. The molecule has 0 spiro atoms. The van der Waals surface area contributed by atoms with E-state index in [9.17, 15) is 4.79 Å². The van der Waals surface area contributed by atoms with Gasteiger partial charge >= 0.3 is 0 Å². The largest absolute Gasteiger partial charge is 0.488 e. The number of fused-ring (bicyclic) bond motifs is 2. The van der Waals surface area contributed by atoms with Crippen molar-refractivity contribution in [2.45, 2.75) is 52.9 Å². The molecule has 1 amide bonds. The molecule has 1 aromatic carbocycles. The van der Waals surface area contributed by atoms with Crippen molar-refractivity contribution >= 4 is 5.91 Å². The molecule has 0 radical (unpaired) electrons. The number of ether oxygens (including phenoxy) is 3. The van der Waals surface area contributed by atoms with Gasteiger partial charge in [0.25, 0.3) is 11.8 Å². The molecule has 0 bridgehead atoms. The molecule has 1 N–H and O–H groups in total. The van der Waals surface area contributed by atoms with E-state index in [1.807, 2.05) is 30.0 Å². The van der Waals surface area contributed by atoms with Gasteiger partial charge in [-0.15, -0.1) is 0 Å². The molecular formula is C23H28N2O5. The summed E-state index contributed by atoms with van der Waals surface area (Å²) in [6.45, 7) is 7.43. The van der Waals surface area contributed by atoms with E-state index in [4.69, 9.17) is 19.3 Å². The summed E-state index contributed by atoms with van der Waals surface area (Å²) < 4.78 is 17.0. The number of aliphatic hydroxyl groups is 1. The fourth-order valence-electron chi connectivity index (χ4n) is 3.59. The number of aliphatic hydroxyl groups excluding tert-OH is 1. The summed E-state index contributed by atoms with van der Waals surface area (Å²) in [6, 6.07) is 5.83. The number of rotatable bonds is 5. The van der Waals surface area contributed by atoms with E-state index in [0.717, 1.165) is 23.2 Å². The lowest BCUT2D eigenvalue weighted by atomic mass is 10.1. The second-order valence-electron chi connectivity index (χ2n) is 8.26. The zero-order chi connectivity index (χ0) is 21.3. The number of aromatic nitrogens is 1. The second kappa shape index (κ2) is 8.52. The van der Waals surface area contributed by atoms with E-state index in [1.165, 1.54) is 12.8 Å². The molecule has 3 heterocycles. The van der Waals surface area contributed by atoms with Crippen LogP contribution in [0.25, 0.3) is 0 Å². The molecule has 1 aromatic heterocycles. The van der Waals surface area contributed by atoms with E-state index >= 15 is 0 Å². The molecule has 2 aliphatic heterocycles. The fraction of sp³-hybridized carbons (Fsp3) is 0.478. The number of pyridine rings is 1. The number of hydrogen-bond donors (Lipinski definition) is 1. The molecule has 7 nitrogen and oxygen atoms in total. The zero-order valence-electron chi connectivity index (χ0n) is 17.7. The van der Waals surface area contributed by atoms with Gasteiger partial charge in [-0.05, 0) is 56.7 Å². The minimum absolute atomic E-state index is 0.0822. The van der Waals surface area contributed by atoms with Crippen LogP contribution < -0.4 is 14.2 Å². The summed E-state index contributed by atoms with van der Waals surface area (Å²) in [5, 5.41) is 8.06. The SMILES string of the molecule is CC(C)O.Cc1cnc2c(c1COc1cccc3c1C(=O)N(CC1CC1)C3)OCO2. The van der Waals surface area contributed by atoms with E-state index in [2.05, 4.69) is 4.98 Å². The maximum atomic E-state index is 12.8. The van der Waals surface area contributed by atoms with E-state index in [1.54, 1.807) is 20.0 Å². The molecule has 0 unspecified atom stereocenters. The number of hydrogen-bond acceptors (Lipinski definition) is 6. The van der Waals surface area contributed by atoms with Crippen LogP contribution in [0.1, 0.15) is 53.7 Å². The first-order valence-electron chi connectivity index (χ1n) is 10.4. The Hall–Kier alpha value is -2.80. The molecule has 160 valence electrons. The van der Waals surface area contributed by atoms with Gasteiger partial charge in [-0.2, -0.15) is 0 Å². The van der Waals surface area contributed by atoms with Crippen molar-refractivity contribution in [3.63, 3.8) is 0 Å². The minimum Gasteiger partial charge on any atom is -0.488 e. The lowest BCUT2D eigenvalue weighted by Gasteiger charge is -2.15. The fourth-order valence-corrected chi connectivity index (χ4v) is 3.59. The van der Waals surface area contributed by atoms with Crippen LogP contribution in [0, 0.1) is 12.8 Å².